The van der Waals surface area contributed by atoms with E-state index in [-0.39, 0.29) is 6.54 Å². The molecule has 0 saturated heterocycles. The molecule has 1 N–H and O–H groups in total. The first kappa shape index (κ1) is 12.2. The van der Waals surface area contributed by atoms with Gasteiger partial charge in [0.05, 0.1) is 18.4 Å². The van der Waals surface area contributed by atoms with Crippen LogP contribution in [0.15, 0.2) is 18.5 Å². The molecule has 1 saturated carbocycles. The first-order valence-electron chi connectivity index (χ1n) is 5.82. The first-order valence-corrected chi connectivity index (χ1v) is 5.82. The van der Waals surface area contributed by atoms with Crippen LogP contribution in [-0.4, -0.2) is 31.0 Å². The molecule has 0 radical (unpaired) electrons. The molecule has 2 rings (SSSR count). The summed E-state index contributed by atoms with van der Waals surface area (Å²) in [6, 6.07) is 2.49. The van der Waals surface area contributed by atoms with Crippen LogP contribution < -0.4 is 10.2 Å². The van der Waals surface area contributed by atoms with Crippen molar-refractivity contribution in [3.05, 3.63) is 24.0 Å². The van der Waals surface area contributed by atoms with Crippen LogP contribution in [0.3, 0.4) is 0 Å². The summed E-state index contributed by atoms with van der Waals surface area (Å²) in [7, 11) is 1.67. The van der Waals surface area contributed by atoms with Crippen LogP contribution in [-0.2, 0) is 6.54 Å². The largest absolute Gasteiger partial charge is 0.367 e. The minimum absolute atomic E-state index is 0.262. The van der Waals surface area contributed by atoms with Crippen molar-refractivity contribution in [2.24, 2.45) is 0 Å². The van der Waals surface area contributed by atoms with Crippen molar-refractivity contribution in [3.8, 4) is 0 Å². The van der Waals surface area contributed by atoms with Crippen molar-refractivity contribution in [1.82, 2.24) is 10.3 Å². The Hall–Kier alpha value is -1.23. The second-order valence-electron chi connectivity index (χ2n) is 4.43. The van der Waals surface area contributed by atoms with Gasteiger partial charge >= 0.3 is 0 Å². The van der Waals surface area contributed by atoms with E-state index in [2.05, 4.69) is 10.3 Å². The third-order valence-corrected chi connectivity index (χ3v) is 2.87. The molecule has 0 bridgehead atoms. The van der Waals surface area contributed by atoms with E-state index in [4.69, 9.17) is 0 Å². The Labute approximate surface area is 99.8 Å². The third kappa shape index (κ3) is 3.63. The molecular weight excluding hydrogens is 224 g/mol. The molecule has 0 aromatic carbocycles. The number of hydrogen-bond acceptors (Lipinski definition) is 3. The molecular formula is C12H17F2N3. The summed E-state index contributed by atoms with van der Waals surface area (Å²) >= 11 is 0. The number of anilines is 1. The highest BCUT2D eigenvalue weighted by molar-refractivity contribution is 5.51. The molecule has 1 aromatic heterocycles. The van der Waals surface area contributed by atoms with Crippen LogP contribution in [0.5, 0.6) is 0 Å². The number of rotatable bonds is 6. The Morgan fingerprint density at radius 2 is 2.29 bits per heavy atom. The Kier molecular flexibility index (Phi) is 3.89. The Morgan fingerprint density at radius 3 is 2.94 bits per heavy atom. The number of nitrogens with one attached hydrogen (secondary N) is 1. The molecule has 1 aromatic rings. The molecule has 94 valence electrons. The van der Waals surface area contributed by atoms with E-state index in [1.54, 1.807) is 24.3 Å². The molecule has 1 aliphatic carbocycles. The van der Waals surface area contributed by atoms with E-state index in [0.29, 0.717) is 6.04 Å². The third-order valence-electron chi connectivity index (χ3n) is 2.87. The zero-order chi connectivity index (χ0) is 12.3. The van der Waals surface area contributed by atoms with Crippen LogP contribution >= 0.6 is 0 Å². The zero-order valence-corrected chi connectivity index (χ0v) is 9.87. The minimum atomic E-state index is -2.33. The van der Waals surface area contributed by atoms with E-state index >= 15 is 0 Å². The van der Waals surface area contributed by atoms with Crippen LogP contribution in [0.2, 0.25) is 0 Å². The van der Waals surface area contributed by atoms with E-state index in [0.717, 1.165) is 17.8 Å². The van der Waals surface area contributed by atoms with Crippen molar-refractivity contribution in [2.75, 3.05) is 18.5 Å². The fourth-order valence-electron chi connectivity index (χ4n) is 1.76. The first-order chi connectivity index (χ1) is 8.16. The number of aromatic nitrogens is 1. The molecule has 3 nitrogen and oxygen atoms in total. The standard InChI is InChI=1S/C12H17F2N3/c1-17(8-12(13)14)11-7-15-5-4-9(11)6-16-10-2-3-10/h4-5,7,10,12,16H,2-3,6,8H2,1H3. The van der Waals surface area contributed by atoms with Gasteiger partial charge in [-0.2, -0.15) is 0 Å². The lowest BCUT2D eigenvalue weighted by molar-refractivity contribution is 0.156. The maximum absolute atomic E-state index is 12.3. The molecule has 1 heterocycles. The number of hydrogen-bond donors (Lipinski definition) is 1. The van der Waals surface area contributed by atoms with Crippen molar-refractivity contribution >= 4 is 5.69 Å². The summed E-state index contributed by atoms with van der Waals surface area (Å²) in [6.45, 7) is 0.457. The van der Waals surface area contributed by atoms with E-state index in [9.17, 15) is 8.78 Å². The fraction of sp³-hybridized carbons (Fsp3) is 0.583. The summed E-state index contributed by atoms with van der Waals surface area (Å²) in [5, 5.41) is 3.38. The zero-order valence-electron chi connectivity index (χ0n) is 9.87. The van der Waals surface area contributed by atoms with Gasteiger partial charge in [0.15, 0.2) is 0 Å². The molecule has 0 atom stereocenters. The van der Waals surface area contributed by atoms with Crippen molar-refractivity contribution in [1.29, 1.82) is 0 Å². The van der Waals surface area contributed by atoms with Crippen molar-refractivity contribution in [2.45, 2.75) is 31.9 Å². The molecule has 0 amide bonds. The second-order valence-corrected chi connectivity index (χ2v) is 4.43. The van der Waals surface area contributed by atoms with Crippen molar-refractivity contribution in [3.63, 3.8) is 0 Å². The van der Waals surface area contributed by atoms with E-state index < -0.39 is 6.43 Å². The van der Waals surface area contributed by atoms with Gasteiger partial charge in [0.2, 0.25) is 0 Å². The fourth-order valence-corrected chi connectivity index (χ4v) is 1.76. The summed E-state index contributed by atoms with van der Waals surface area (Å²) in [5.74, 6) is 0. The van der Waals surface area contributed by atoms with Gasteiger partial charge in [0.1, 0.15) is 0 Å². The van der Waals surface area contributed by atoms with Crippen molar-refractivity contribution < 1.29 is 8.78 Å². The number of alkyl halides is 2. The number of pyridine rings is 1. The number of halogens is 2. The summed E-state index contributed by atoms with van der Waals surface area (Å²) in [6.07, 6.45) is 3.45. The van der Waals surface area contributed by atoms with Gasteiger partial charge in [0, 0.05) is 25.8 Å². The number of nitrogens with zero attached hydrogens (tertiary/aromatic N) is 2. The summed E-state index contributed by atoms with van der Waals surface area (Å²) < 4.78 is 24.7. The lowest BCUT2D eigenvalue weighted by Gasteiger charge is -2.21. The van der Waals surface area contributed by atoms with Gasteiger partial charge in [-0.05, 0) is 24.5 Å². The molecule has 1 fully saturated rings. The van der Waals surface area contributed by atoms with Crippen LogP contribution in [0.25, 0.3) is 0 Å². The second kappa shape index (κ2) is 5.40. The SMILES string of the molecule is CN(CC(F)F)c1cnccc1CNC1CC1. The van der Waals surface area contributed by atoms with Crippen LogP contribution in [0.4, 0.5) is 14.5 Å². The molecule has 17 heavy (non-hydrogen) atoms. The maximum atomic E-state index is 12.3. The summed E-state index contributed by atoms with van der Waals surface area (Å²) in [5.41, 5.74) is 1.80. The van der Waals surface area contributed by atoms with Gasteiger partial charge in [-0.25, -0.2) is 8.78 Å². The Bertz CT molecular complexity index is 367. The maximum Gasteiger partial charge on any atom is 0.255 e. The predicted octanol–water partition coefficient (Wildman–Crippen LogP) is 2.03. The van der Waals surface area contributed by atoms with Gasteiger partial charge in [-0.3, -0.25) is 4.98 Å². The summed E-state index contributed by atoms with van der Waals surface area (Å²) in [4.78, 5) is 5.56. The molecule has 1 aliphatic rings. The topological polar surface area (TPSA) is 28.2 Å². The Morgan fingerprint density at radius 1 is 1.53 bits per heavy atom. The predicted molar refractivity (Wildman–Crippen MR) is 63.4 cm³/mol. The van der Waals surface area contributed by atoms with E-state index in [1.165, 1.54) is 12.8 Å². The van der Waals surface area contributed by atoms with Gasteiger partial charge in [0.25, 0.3) is 6.43 Å². The normalized spacial score (nSPS) is 15.3. The van der Waals surface area contributed by atoms with Gasteiger partial charge < -0.3 is 10.2 Å². The molecule has 5 heteroatoms. The van der Waals surface area contributed by atoms with Crippen LogP contribution in [0, 0.1) is 0 Å². The molecule has 0 spiro atoms. The minimum Gasteiger partial charge on any atom is -0.367 e. The van der Waals surface area contributed by atoms with Crippen LogP contribution in [0.1, 0.15) is 18.4 Å². The Balaban J connectivity index is 2.02. The lowest BCUT2D eigenvalue weighted by Crippen LogP contribution is -2.26. The van der Waals surface area contributed by atoms with E-state index in [1.807, 2.05) is 6.07 Å². The average Bonchev–Trinajstić information content (AvgIpc) is 3.09. The lowest BCUT2D eigenvalue weighted by atomic mass is 10.2. The molecule has 0 aliphatic heterocycles. The highest BCUT2D eigenvalue weighted by Gasteiger charge is 2.21. The monoisotopic (exact) mass is 241 g/mol. The van der Waals surface area contributed by atoms with Gasteiger partial charge in [-0.15, -0.1) is 0 Å². The van der Waals surface area contributed by atoms with Gasteiger partial charge in [-0.1, -0.05) is 0 Å². The smallest absolute Gasteiger partial charge is 0.255 e. The quantitative estimate of drug-likeness (QED) is 0.826. The highest BCUT2D eigenvalue weighted by Crippen LogP contribution is 2.22. The average molecular weight is 241 g/mol. The highest BCUT2D eigenvalue weighted by atomic mass is 19.3. The molecule has 0 unspecified atom stereocenters.